The highest BCUT2D eigenvalue weighted by atomic mass is 16.2. The van der Waals surface area contributed by atoms with Gasteiger partial charge in [-0.15, -0.1) is 0 Å². The predicted molar refractivity (Wildman–Crippen MR) is 81.9 cm³/mol. The Morgan fingerprint density at radius 2 is 1.81 bits per heavy atom. The fourth-order valence-electron chi connectivity index (χ4n) is 2.83. The molecule has 3 rings (SSSR count). The first kappa shape index (κ1) is 13.6. The van der Waals surface area contributed by atoms with Gasteiger partial charge in [0.05, 0.1) is 11.6 Å². The van der Waals surface area contributed by atoms with Gasteiger partial charge < -0.3 is 0 Å². The van der Waals surface area contributed by atoms with Crippen LogP contribution in [0.3, 0.4) is 0 Å². The molecule has 0 aromatic heterocycles. The zero-order valence-corrected chi connectivity index (χ0v) is 12.0. The van der Waals surface area contributed by atoms with Crippen LogP contribution in [0.5, 0.6) is 0 Å². The van der Waals surface area contributed by atoms with Gasteiger partial charge in [-0.1, -0.05) is 48.0 Å². The van der Waals surface area contributed by atoms with E-state index in [1.54, 1.807) is 12.1 Å². The van der Waals surface area contributed by atoms with Crippen LogP contribution >= 0.6 is 0 Å². The summed E-state index contributed by atoms with van der Waals surface area (Å²) in [5.41, 5.74) is 2.94. The summed E-state index contributed by atoms with van der Waals surface area (Å²) in [6.07, 6.45) is 0.914. The molecule has 0 aliphatic carbocycles. The molecule has 1 atom stereocenters. The number of carbonyl (C=O) groups is 2. The average Bonchev–Trinajstić information content (AvgIpc) is 2.74. The van der Waals surface area contributed by atoms with Crippen molar-refractivity contribution in [2.45, 2.75) is 19.8 Å². The lowest BCUT2D eigenvalue weighted by Crippen LogP contribution is -2.30. The number of hydrogen-bond acceptors (Lipinski definition) is 2. The Hall–Kier alpha value is -2.42. The van der Waals surface area contributed by atoms with E-state index in [4.69, 9.17) is 0 Å². The zero-order valence-electron chi connectivity index (χ0n) is 12.0. The molecule has 21 heavy (non-hydrogen) atoms. The zero-order chi connectivity index (χ0) is 14.8. The van der Waals surface area contributed by atoms with Gasteiger partial charge in [0.2, 0.25) is 11.8 Å². The van der Waals surface area contributed by atoms with Crippen LogP contribution in [-0.2, 0) is 16.0 Å². The number of carbonyl (C=O) groups excluding carboxylic acids is 2. The highest BCUT2D eigenvalue weighted by Crippen LogP contribution is 2.28. The van der Waals surface area contributed by atoms with Crippen molar-refractivity contribution in [1.29, 1.82) is 0 Å². The molecule has 0 radical (unpaired) electrons. The van der Waals surface area contributed by atoms with E-state index in [-0.39, 0.29) is 17.7 Å². The summed E-state index contributed by atoms with van der Waals surface area (Å²) in [5, 5.41) is 0. The number of amides is 2. The number of hydrogen-bond donors (Lipinski definition) is 0. The minimum atomic E-state index is -0.250. The van der Waals surface area contributed by atoms with Crippen LogP contribution in [0.2, 0.25) is 0 Å². The maximum Gasteiger partial charge on any atom is 0.237 e. The van der Waals surface area contributed by atoms with Crippen LogP contribution in [-0.4, -0.2) is 11.8 Å². The standard InChI is InChI=1S/C18H17NO2/c1-13-6-5-7-14(10-13)11-15-12-17(20)19(18(15)21)16-8-3-2-4-9-16/h2-10,15H,11-12H2,1H3/t15-/m0/s1. The number of nitrogens with zero attached hydrogens (tertiary/aromatic N) is 1. The summed E-state index contributed by atoms with van der Waals surface area (Å²) < 4.78 is 0. The van der Waals surface area contributed by atoms with Crippen LogP contribution in [0.1, 0.15) is 17.5 Å². The van der Waals surface area contributed by atoms with Gasteiger partial charge in [0, 0.05) is 6.42 Å². The Bertz CT molecular complexity index is 679. The molecule has 0 unspecified atom stereocenters. The van der Waals surface area contributed by atoms with E-state index >= 15 is 0 Å². The molecule has 1 saturated heterocycles. The molecule has 2 aromatic carbocycles. The third-order valence-electron chi connectivity index (χ3n) is 3.82. The van der Waals surface area contributed by atoms with Gasteiger partial charge in [0.25, 0.3) is 0 Å². The Balaban J connectivity index is 1.81. The summed E-state index contributed by atoms with van der Waals surface area (Å²) in [6.45, 7) is 2.03. The SMILES string of the molecule is Cc1cccc(C[C@H]2CC(=O)N(c3ccccc3)C2=O)c1. The molecule has 3 heteroatoms. The Morgan fingerprint density at radius 1 is 1.05 bits per heavy atom. The number of imide groups is 1. The summed E-state index contributed by atoms with van der Waals surface area (Å²) in [6, 6.07) is 17.2. The highest BCUT2D eigenvalue weighted by molar-refractivity contribution is 6.20. The minimum absolute atomic E-state index is 0.0901. The molecule has 0 bridgehead atoms. The Morgan fingerprint density at radius 3 is 2.52 bits per heavy atom. The molecule has 3 nitrogen and oxygen atoms in total. The van der Waals surface area contributed by atoms with Crippen molar-refractivity contribution < 1.29 is 9.59 Å². The summed E-state index contributed by atoms with van der Waals surface area (Å²) in [7, 11) is 0. The second-order valence-electron chi connectivity index (χ2n) is 5.50. The van der Waals surface area contributed by atoms with E-state index in [9.17, 15) is 9.59 Å². The maximum absolute atomic E-state index is 12.5. The minimum Gasteiger partial charge on any atom is -0.274 e. The third-order valence-corrected chi connectivity index (χ3v) is 3.82. The molecular weight excluding hydrogens is 262 g/mol. The van der Waals surface area contributed by atoms with Gasteiger partial charge in [-0.25, -0.2) is 0 Å². The monoisotopic (exact) mass is 279 g/mol. The molecular formula is C18H17NO2. The molecule has 0 saturated carbocycles. The summed E-state index contributed by atoms with van der Waals surface area (Å²) in [5.74, 6) is -0.448. The number of anilines is 1. The smallest absolute Gasteiger partial charge is 0.237 e. The van der Waals surface area contributed by atoms with Crippen LogP contribution < -0.4 is 4.90 Å². The van der Waals surface area contributed by atoms with Crippen molar-refractivity contribution in [3.8, 4) is 0 Å². The number of aryl methyl sites for hydroxylation is 1. The van der Waals surface area contributed by atoms with E-state index in [2.05, 4.69) is 6.07 Å². The quantitative estimate of drug-likeness (QED) is 0.810. The molecule has 2 amide bonds. The number of benzene rings is 2. The van der Waals surface area contributed by atoms with Crippen LogP contribution in [0, 0.1) is 12.8 Å². The van der Waals surface area contributed by atoms with E-state index in [0.717, 1.165) is 5.56 Å². The molecule has 1 aliphatic heterocycles. The van der Waals surface area contributed by atoms with Crippen molar-refractivity contribution >= 4 is 17.5 Å². The molecule has 1 fully saturated rings. The second-order valence-corrected chi connectivity index (χ2v) is 5.50. The fourth-order valence-corrected chi connectivity index (χ4v) is 2.83. The number of rotatable bonds is 3. The largest absolute Gasteiger partial charge is 0.274 e. The second kappa shape index (κ2) is 5.52. The van der Waals surface area contributed by atoms with Gasteiger partial charge >= 0.3 is 0 Å². The van der Waals surface area contributed by atoms with Crippen molar-refractivity contribution in [3.63, 3.8) is 0 Å². The van der Waals surface area contributed by atoms with Crippen molar-refractivity contribution in [3.05, 3.63) is 65.7 Å². The lowest BCUT2D eigenvalue weighted by atomic mass is 9.97. The van der Waals surface area contributed by atoms with Crippen molar-refractivity contribution in [2.24, 2.45) is 5.92 Å². The van der Waals surface area contributed by atoms with Crippen molar-refractivity contribution in [1.82, 2.24) is 0 Å². The van der Waals surface area contributed by atoms with E-state index in [1.807, 2.05) is 43.3 Å². The normalized spacial score (nSPS) is 18.3. The van der Waals surface area contributed by atoms with Gasteiger partial charge in [-0.2, -0.15) is 0 Å². The van der Waals surface area contributed by atoms with Crippen LogP contribution in [0.4, 0.5) is 5.69 Å². The number of para-hydroxylation sites is 1. The molecule has 0 spiro atoms. The Kier molecular flexibility index (Phi) is 3.57. The highest BCUT2D eigenvalue weighted by Gasteiger charge is 2.39. The molecule has 0 N–H and O–H groups in total. The van der Waals surface area contributed by atoms with Gasteiger partial charge in [0.1, 0.15) is 0 Å². The van der Waals surface area contributed by atoms with Crippen molar-refractivity contribution in [2.75, 3.05) is 4.90 Å². The first-order valence-electron chi connectivity index (χ1n) is 7.12. The van der Waals surface area contributed by atoms with Gasteiger partial charge in [-0.05, 0) is 31.0 Å². The fraction of sp³-hybridized carbons (Fsp3) is 0.222. The maximum atomic E-state index is 12.5. The van der Waals surface area contributed by atoms with Gasteiger partial charge in [-0.3, -0.25) is 14.5 Å². The van der Waals surface area contributed by atoms with E-state index in [1.165, 1.54) is 10.5 Å². The average molecular weight is 279 g/mol. The van der Waals surface area contributed by atoms with Gasteiger partial charge in [0.15, 0.2) is 0 Å². The summed E-state index contributed by atoms with van der Waals surface area (Å²) >= 11 is 0. The lowest BCUT2D eigenvalue weighted by Gasteiger charge is -2.15. The van der Waals surface area contributed by atoms with Crippen LogP contribution in [0.25, 0.3) is 0 Å². The third kappa shape index (κ3) is 2.72. The Labute approximate surface area is 124 Å². The lowest BCUT2D eigenvalue weighted by molar-refractivity contribution is -0.122. The molecule has 106 valence electrons. The molecule has 1 aliphatic rings. The topological polar surface area (TPSA) is 37.4 Å². The van der Waals surface area contributed by atoms with E-state index < -0.39 is 0 Å². The predicted octanol–water partition coefficient (Wildman–Crippen LogP) is 3.12. The van der Waals surface area contributed by atoms with E-state index in [0.29, 0.717) is 18.5 Å². The molecule has 2 aromatic rings. The summed E-state index contributed by atoms with van der Waals surface area (Å²) in [4.78, 5) is 26.0. The first-order chi connectivity index (χ1) is 10.1. The first-order valence-corrected chi connectivity index (χ1v) is 7.12. The van der Waals surface area contributed by atoms with Crippen LogP contribution in [0.15, 0.2) is 54.6 Å². The molecule has 1 heterocycles.